The lowest BCUT2D eigenvalue weighted by Gasteiger charge is -2.28. The highest BCUT2D eigenvalue weighted by atomic mass is 32.1. The van der Waals surface area contributed by atoms with E-state index in [2.05, 4.69) is 5.32 Å². The lowest BCUT2D eigenvalue weighted by atomic mass is 10.1. The molecule has 1 aliphatic rings. The molecule has 0 saturated carbocycles. The molecule has 0 radical (unpaired) electrons. The molecule has 0 spiro atoms. The number of anilines is 1. The predicted molar refractivity (Wildman–Crippen MR) is 68.8 cm³/mol. The van der Waals surface area contributed by atoms with Crippen molar-refractivity contribution < 1.29 is 9.59 Å². The number of amides is 2. The van der Waals surface area contributed by atoms with Crippen LogP contribution >= 0.6 is 12.2 Å². The van der Waals surface area contributed by atoms with Crippen LogP contribution in [-0.4, -0.2) is 16.9 Å². The second-order valence-electron chi connectivity index (χ2n) is 4.05. The summed E-state index contributed by atoms with van der Waals surface area (Å²) in [4.78, 5) is 24.4. The molecular formula is C12H12N2O2S. The van der Waals surface area contributed by atoms with E-state index in [0.717, 1.165) is 16.8 Å². The summed E-state index contributed by atoms with van der Waals surface area (Å²) in [5, 5.41) is 2.66. The fourth-order valence-electron chi connectivity index (χ4n) is 1.75. The second-order valence-corrected chi connectivity index (χ2v) is 4.44. The Hall–Kier alpha value is -1.75. The van der Waals surface area contributed by atoms with E-state index in [1.54, 1.807) is 0 Å². The molecule has 0 bridgehead atoms. The Bertz CT molecular complexity index is 505. The van der Waals surface area contributed by atoms with Gasteiger partial charge in [-0.1, -0.05) is 12.1 Å². The molecule has 4 nitrogen and oxygen atoms in total. The standard InChI is InChI=1S/C12H12N2O2S/c1-7-3-4-8(2)9(5-7)14-11(16)6-10(15)13-12(14)17/h3-5H,6H2,1-2H3,(H,13,15,17). The van der Waals surface area contributed by atoms with Gasteiger partial charge in [-0.25, -0.2) is 0 Å². The van der Waals surface area contributed by atoms with Gasteiger partial charge in [-0.2, -0.15) is 0 Å². The summed E-state index contributed by atoms with van der Waals surface area (Å²) in [7, 11) is 0. The highest BCUT2D eigenvalue weighted by molar-refractivity contribution is 7.80. The third-order valence-electron chi connectivity index (χ3n) is 2.62. The number of carbonyl (C=O) groups is 2. The third kappa shape index (κ3) is 2.19. The summed E-state index contributed by atoms with van der Waals surface area (Å²) in [6.07, 6.45) is -0.159. The minimum atomic E-state index is -0.346. The number of rotatable bonds is 1. The summed E-state index contributed by atoms with van der Waals surface area (Å²) in [5.74, 6) is -0.631. The number of nitrogens with zero attached hydrogens (tertiary/aromatic N) is 1. The topological polar surface area (TPSA) is 49.4 Å². The van der Waals surface area contributed by atoms with Crippen molar-refractivity contribution in [3.8, 4) is 0 Å². The number of thiocarbonyl (C=S) groups is 1. The van der Waals surface area contributed by atoms with Crippen LogP contribution in [0.25, 0.3) is 0 Å². The number of aryl methyl sites for hydroxylation is 2. The second kappa shape index (κ2) is 4.25. The minimum Gasteiger partial charge on any atom is -0.302 e. The van der Waals surface area contributed by atoms with Crippen molar-refractivity contribution in [1.82, 2.24) is 5.32 Å². The minimum absolute atomic E-state index is 0.153. The van der Waals surface area contributed by atoms with Crippen LogP contribution < -0.4 is 10.2 Å². The van der Waals surface area contributed by atoms with Crippen molar-refractivity contribution in [2.24, 2.45) is 0 Å². The van der Waals surface area contributed by atoms with E-state index in [1.807, 2.05) is 32.0 Å². The molecule has 0 aromatic heterocycles. The predicted octanol–water partition coefficient (Wildman–Crippen LogP) is 1.44. The molecule has 1 aromatic rings. The summed E-state index contributed by atoms with van der Waals surface area (Å²) < 4.78 is 0. The maximum atomic E-state index is 11.9. The molecule has 1 heterocycles. The van der Waals surface area contributed by atoms with E-state index in [1.165, 1.54) is 4.90 Å². The molecule has 17 heavy (non-hydrogen) atoms. The van der Waals surface area contributed by atoms with E-state index in [0.29, 0.717) is 0 Å². The van der Waals surface area contributed by atoms with E-state index >= 15 is 0 Å². The zero-order valence-electron chi connectivity index (χ0n) is 9.61. The molecule has 0 unspecified atom stereocenters. The molecule has 1 N–H and O–H groups in total. The van der Waals surface area contributed by atoms with Crippen LogP contribution in [0.2, 0.25) is 0 Å². The Balaban J connectivity index is 2.45. The van der Waals surface area contributed by atoms with E-state index in [-0.39, 0.29) is 23.3 Å². The van der Waals surface area contributed by atoms with E-state index in [9.17, 15) is 9.59 Å². The van der Waals surface area contributed by atoms with Gasteiger partial charge < -0.3 is 5.32 Å². The molecule has 1 aliphatic heterocycles. The number of carbonyl (C=O) groups excluding carboxylic acids is 2. The molecule has 5 heteroatoms. The first-order chi connectivity index (χ1) is 7.99. The molecule has 0 aliphatic carbocycles. The van der Waals surface area contributed by atoms with Crippen LogP contribution in [-0.2, 0) is 9.59 Å². The molecule has 1 saturated heterocycles. The average molecular weight is 248 g/mol. The van der Waals surface area contributed by atoms with Crippen LogP contribution in [0.4, 0.5) is 5.69 Å². The fraction of sp³-hybridized carbons (Fsp3) is 0.250. The summed E-state index contributed by atoms with van der Waals surface area (Å²) in [6, 6.07) is 5.78. The Kier molecular flexibility index (Phi) is 2.93. The van der Waals surface area contributed by atoms with Crippen LogP contribution in [0.1, 0.15) is 17.5 Å². The Morgan fingerprint density at radius 3 is 2.65 bits per heavy atom. The summed E-state index contributed by atoms with van der Waals surface area (Å²) in [6.45, 7) is 3.85. The molecule has 2 amide bonds. The van der Waals surface area contributed by atoms with E-state index < -0.39 is 0 Å². The lowest BCUT2D eigenvalue weighted by Crippen LogP contribution is -2.53. The van der Waals surface area contributed by atoms with Gasteiger partial charge in [-0.3, -0.25) is 14.5 Å². The first kappa shape index (κ1) is 11.7. The SMILES string of the molecule is Cc1ccc(C)c(N2C(=O)CC(=O)NC2=S)c1. The normalized spacial score (nSPS) is 16.1. The first-order valence-electron chi connectivity index (χ1n) is 5.23. The Morgan fingerprint density at radius 1 is 1.29 bits per heavy atom. The maximum absolute atomic E-state index is 11.9. The number of nitrogens with one attached hydrogen (secondary N) is 1. The monoisotopic (exact) mass is 248 g/mol. The van der Waals surface area contributed by atoms with Crippen LogP contribution in [0.15, 0.2) is 18.2 Å². The van der Waals surface area contributed by atoms with Crippen molar-refractivity contribution in [3.63, 3.8) is 0 Å². The van der Waals surface area contributed by atoms with Gasteiger partial charge in [-0.05, 0) is 43.3 Å². The van der Waals surface area contributed by atoms with Gasteiger partial charge in [0.05, 0.1) is 5.69 Å². The van der Waals surface area contributed by atoms with Gasteiger partial charge in [0.15, 0.2) is 5.11 Å². The average Bonchev–Trinajstić information content (AvgIpc) is 2.21. The molecule has 0 atom stereocenters. The number of hydrogen-bond acceptors (Lipinski definition) is 3. The van der Waals surface area contributed by atoms with Gasteiger partial charge in [0.1, 0.15) is 6.42 Å². The Labute approximate surface area is 105 Å². The lowest BCUT2D eigenvalue weighted by molar-refractivity contribution is -0.127. The first-order valence-corrected chi connectivity index (χ1v) is 5.64. The van der Waals surface area contributed by atoms with Crippen LogP contribution in [0, 0.1) is 13.8 Å². The largest absolute Gasteiger partial charge is 0.302 e. The van der Waals surface area contributed by atoms with Crippen LogP contribution in [0.3, 0.4) is 0 Å². The smallest absolute Gasteiger partial charge is 0.242 e. The van der Waals surface area contributed by atoms with Crippen molar-refractivity contribution >= 4 is 34.8 Å². The third-order valence-corrected chi connectivity index (χ3v) is 2.90. The van der Waals surface area contributed by atoms with Gasteiger partial charge in [-0.15, -0.1) is 0 Å². The Morgan fingerprint density at radius 2 is 2.00 bits per heavy atom. The van der Waals surface area contributed by atoms with Crippen molar-refractivity contribution in [2.45, 2.75) is 20.3 Å². The summed E-state index contributed by atoms with van der Waals surface area (Å²) >= 11 is 5.04. The fourth-order valence-corrected chi connectivity index (χ4v) is 2.07. The highest BCUT2D eigenvalue weighted by Crippen LogP contribution is 2.23. The van der Waals surface area contributed by atoms with Crippen molar-refractivity contribution in [2.75, 3.05) is 4.90 Å². The zero-order chi connectivity index (χ0) is 12.6. The number of hydrogen-bond donors (Lipinski definition) is 1. The highest BCUT2D eigenvalue weighted by Gasteiger charge is 2.30. The molecular weight excluding hydrogens is 236 g/mol. The molecule has 88 valence electrons. The van der Waals surface area contributed by atoms with Gasteiger partial charge in [0, 0.05) is 0 Å². The van der Waals surface area contributed by atoms with Crippen molar-refractivity contribution in [1.29, 1.82) is 0 Å². The van der Waals surface area contributed by atoms with Gasteiger partial charge in [0.2, 0.25) is 11.8 Å². The van der Waals surface area contributed by atoms with Crippen LogP contribution in [0.5, 0.6) is 0 Å². The maximum Gasteiger partial charge on any atom is 0.242 e. The molecule has 1 aromatic carbocycles. The zero-order valence-corrected chi connectivity index (χ0v) is 10.4. The molecule has 1 fully saturated rings. The summed E-state index contributed by atoms with van der Waals surface area (Å²) in [5.41, 5.74) is 2.72. The van der Waals surface area contributed by atoms with Gasteiger partial charge in [0.25, 0.3) is 0 Å². The van der Waals surface area contributed by atoms with Crippen molar-refractivity contribution in [3.05, 3.63) is 29.3 Å². The quantitative estimate of drug-likeness (QED) is 0.604. The van der Waals surface area contributed by atoms with E-state index in [4.69, 9.17) is 12.2 Å². The molecule has 2 rings (SSSR count). The number of benzene rings is 1. The van der Waals surface area contributed by atoms with Gasteiger partial charge >= 0.3 is 0 Å².